The van der Waals surface area contributed by atoms with Crippen LogP contribution in [0.5, 0.6) is 5.75 Å². The summed E-state index contributed by atoms with van der Waals surface area (Å²) in [5.74, 6) is -0.335. The fourth-order valence-electron chi connectivity index (χ4n) is 2.11. The Bertz CT molecular complexity index is 881. The van der Waals surface area contributed by atoms with E-state index in [0.29, 0.717) is 11.0 Å². The van der Waals surface area contributed by atoms with Gasteiger partial charge < -0.3 is 14.8 Å². The minimum absolute atomic E-state index is 0.0301. The fraction of sp³-hybridized carbons (Fsp3) is 0.0588. The third kappa shape index (κ3) is 2.83. The molecule has 110 valence electrons. The molecular formula is C17H13NO4. The first-order valence-corrected chi connectivity index (χ1v) is 6.72. The molecule has 2 aromatic carbocycles. The number of nitrogens with one attached hydrogen (secondary N) is 1. The van der Waals surface area contributed by atoms with E-state index in [2.05, 4.69) is 5.32 Å². The van der Waals surface area contributed by atoms with Gasteiger partial charge in [-0.1, -0.05) is 30.3 Å². The number of carbonyl (C=O) groups excluding carboxylic acids is 1. The number of para-hydroxylation sites is 1. The molecule has 1 amide bonds. The summed E-state index contributed by atoms with van der Waals surface area (Å²) in [5, 5.41) is 12.6. The maximum absolute atomic E-state index is 12.1. The topological polar surface area (TPSA) is 79.5 Å². The lowest BCUT2D eigenvalue weighted by Crippen LogP contribution is -2.27. The zero-order valence-corrected chi connectivity index (χ0v) is 11.6. The third-order valence-corrected chi connectivity index (χ3v) is 3.28. The monoisotopic (exact) mass is 295 g/mol. The second kappa shape index (κ2) is 5.73. The molecule has 0 saturated carbocycles. The van der Waals surface area contributed by atoms with Gasteiger partial charge in [0.25, 0.3) is 5.91 Å². The van der Waals surface area contributed by atoms with E-state index < -0.39 is 11.5 Å². The number of fused-ring (bicyclic) bond motifs is 1. The van der Waals surface area contributed by atoms with E-state index in [1.165, 1.54) is 18.2 Å². The molecule has 5 heteroatoms. The van der Waals surface area contributed by atoms with Gasteiger partial charge in [0.15, 0.2) is 0 Å². The van der Waals surface area contributed by atoms with Gasteiger partial charge in [-0.15, -0.1) is 0 Å². The van der Waals surface area contributed by atoms with Crippen LogP contribution in [0.3, 0.4) is 0 Å². The Morgan fingerprint density at radius 1 is 1.09 bits per heavy atom. The van der Waals surface area contributed by atoms with E-state index in [1.54, 1.807) is 36.4 Å². The van der Waals surface area contributed by atoms with Gasteiger partial charge in [0.1, 0.15) is 16.9 Å². The van der Waals surface area contributed by atoms with Gasteiger partial charge in [-0.05, 0) is 29.8 Å². The summed E-state index contributed by atoms with van der Waals surface area (Å²) in [5.41, 5.74) is 0.568. The van der Waals surface area contributed by atoms with Crippen molar-refractivity contribution < 1.29 is 14.3 Å². The second-order valence-electron chi connectivity index (χ2n) is 4.83. The van der Waals surface area contributed by atoms with Crippen molar-refractivity contribution >= 4 is 16.9 Å². The van der Waals surface area contributed by atoms with Gasteiger partial charge in [-0.25, -0.2) is 4.79 Å². The minimum Gasteiger partial charge on any atom is -0.508 e. The van der Waals surface area contributed by atoms with Crippen LogP contribution < -0.4 is 10.9 Å². The maximum atomic E-state index is 12.1. The molecule has 1 heterocycles. The number of hydrogen-bond donors (Lipinski definition) is 2. The predicted octanol–water partition coefficient (Wildman–Crippen LogP) is 2.43. The SMILES string of the molecule is O=C(NCc1ccc(O)cc1)c1cc2ccccc2oc1=O. The van der Waals surface area contributed by atoms with Crippen LogP contribution in [-0.2, 0) is 6.54 Å². The largest absolute Gasteiger partial charge is 0.508 e. The van der Waals surface area contributed by atoms with Crippen molar-refractivity contribution in [2.24, 2.45) is 0 Å². The third-order valence-electron chi connectivity index (χ3n) is 3.28. The maximum Gasteiger partial charge on any atom is 0.349 e. The molecule has 3 rings (SSSR count). The van der Waals surface area contributed by atoms with Crippen molar-refractivity contribution in [2.75, 3.05) is 0 Å². The van der Waals surface area contributed by atoms with Crippen molar-refractivity contribution in [1.29, 1.82) is 0 Å². The zero-order valence-electron chi connectivity index (χ0n) is 11.6. The summed E-state index contributed by atoms with van der Waals surface area (Å²) in [7, 11) is 0. The summed E-state index contributed by atoms with van der Waals surface area (Å²) < 4.78 is 5.13. The molecular weight excluding hydrogens is 282 g/mol. The van der Waals surface area contributed by atoms with Crippen LogP contribution >= 0.6 is 0 Å². The number of amides is 1. The average Bonchev–Trinajstić information content (AvgIpc) is 2.53. The Morgan fingerprint density at radius 2 is 1.82 bits per heavy atom. The summed E-state index contributed by atoms with van der Waals surface area (Å²) >= 11 is 0. The van der Waals surface area contributed by atoms with Crippen LogP contribution in [0.15, 0.2) is 63.8 Å². The molecule has 1 aromatic heterocycles. The minimum atomic E-state index is -0.665. The number of benzene rings is 2. The number of carbonyl (C=O) groups is 1. The first kappa shape index (κ1) is 13.9. The average molecular weight is 295 g/mol. The van der Waals surface area contributed by atoms with E-state index in [4.69, 9.17) is 4.42 Å². The van der Waals surface area contributed by atoms with E-state index in [0.717, 1.165) is 5.56 Å². The van der Waals surface area contributed by atoms with Crippen LogP contribution in [0.1, 0.15) is 15.9 Å². The fourth-order valence-corrected chi connectivity index (χ4v) is 2.11. The first-order chi connectivity index (χ1) is 10.6. The first-order valence-electron chi connectivity index (χ1n) is 6.72. The van der Waals surface area contributed by atoms with Gasteiger partial charge in [0.05, 0.1) is 0 Å². The van der Waals surface area contributed by atoms with Crippen LogP contribution in [0.2, 0.25) is 0 Å². The van der Waals surface area contributed by atoms with E-state index in [9.17, 15) is 14.7 Å². The highest BCUT2D eigenvalue weighted by Gasteiger charge is 2.13. The van der Waals surface area contributed by atoms with Crippen molar-refractivity contribution in [1.82, 2.24) is 5.32 Å². The molecule has 0 aliphatic carbocycles. The Hall–Kier alpha value is -3.08. The summed E-state index contributed by atoms with van der Waals surface area (Å²) in [6.45, 7) is 0.255. The molecule has 0 fully saturated rings. The van der Waals surface area contributed by atoms with Gasteiger partial charge in [0, 0.05) is 11.9 Å². The van der Waals surface area contributed by atoms with E-state index >= 15 is 0 Å². The Balaban J connectivity index is 1.81. The molecule has 0 aliphatic rings. The molecule has 0 radical (unpaired) electrons. The molecule has 2 N–H and O–H groups in total. The molecule has 3 aromatic rings. The molecule has 0 unspecified atom stereocenters. The number of rotatable bonds is 3. The Kier molecular flexibility index (Phi) is 3.62. The quantitative estimate of drug-likeness (QED) is 0.727. The van der Waals surface area contributed by atoms with Gasteiger partial charge >= 0.3 is 5.63 Å². The molecule has 22 heavy (non-hydrogen) atoms. The summed E-state index contributed by atoms with van der Waals surface area (Å²) in [6.07, 6.45) is 0. The molecule has 0 aliphatic heterocycles. The predicted molar refractivity (Wildman–Crippen MR) is 81.8 cm³/mol. The number of aromatic hydroxyl groups is 1. The van der Waals surface area contributed by atoms with Gasteiger partial charge in [-0.2, -0.15) is 0 Å². The van der Waals surface area contributed by atoms with Crippen molar-refractivity contribution in [2.45, 2.75) is 6.54 Å². The molecule has 0 spiro atoms. The highest BCUT2D eigenvalue weighted by Crippen LogP contribution is 2.13. The Morgan fingerprint density at radius 3 is 2.59 bits per heavy atom. The zero-order chi connectivity index (χ0) is 15.5. The molecule has 0 saturated heterocycles. The highest BCUT2D eigenvalue weighted by molar-refractivity contribution is 5.96. The number of phenolic OH excluding ortho intramolecular Hbond substituents is 1. The van der Waals surface area contributed by atoms with Crippen LogP contribution in [0.25, 0.3) is 11.0 Å². The standard InChI is InChI=1S/C17H13NO4/c19-13-7-5-11(6-8-13)10-18-16(20)14-9-12-3-1-2-4-15(12)22-17(14)21/h1-9,19H,10H2,(H,18,20). The van der Waals surface area contributed by atoms with E-state index in [-0.39, 0.29) is 17.9 Å². The van der Waals surface area contributed by atoms with Crippen LogP contribution in [-0.4, -0.2) is 11.0 Å². The van der Waals surface area contributed by atoms with Gasteiger partial charge in [0.2, 0.25) is 0 Å². The normalized spacial score (nSPS) is 10.5. The molecule has 5 nitrogen and oxygen atoms in total. The number of hydrogen-bond acceptors (Lipinski definition) is 4. The summed E-state index contributed by atoms with van der Waals surface area (Å²) in [4.78, 5) is 24.0. The highest BCUT2D eigenvalue weighted by atomic mass is 16.4. The molecule has 0 bridgehead atoms. The smallest absolute Gasteiger partial charge is 0.349 e. The Labute approximate surface area is 125 Å². The van der Waals surface area contributed by atoms with Crippen LogP contribution in [0, 0.1) is 0 Å². The second-order valence-corrected chi connectivity index (χ2v) is 4.83. The molecule has 0 atom stereocenters. The lowest BCUT2D eigenvalue weighted by molar-refractivity contribution is 0.0947. The number of phenols is 1. The van der Waals surface area contributed by atoms with Crippen molar-refractivity contribution in [3.63, 3.8) is 0 Å². The lowest BCUT2D eigenvalue weighted by Gasteiger charge is -2.05. The van der Waals surface area contributed by atoms with E-state index in [1.807, 2.05) is 0 Å². The lowest BCUT2D eigenvalue weighted by atomic mass is 10.1. The van der Waals surface area contributed by atoms with Crippen LogP contribution in [0.4, 0.5) is 0 Å². The van der Waals surface area contributed by atoms with Crippen molar-refractivity contribution in [3.8, 4) is 5.75 Å². The summed E-state index contributed by atoms with van der Waals surface area (Å²) in [6, 6.07) is 15.0. The van der Waals surface area contributed by atoms with Crippen molar-refractivity contribution in [3.05, 3.63) is 76.1 Å². The van der Waals surface area contributed by atoms with Gasteiger partial charge in [-0.3, -0.25) is 4.79 Å².